The van der Waals surface area contributed by atoms with Crippen LogP contribution in [0.3, 0.4) is 0 Å². The van der Waals surface area contributed by atoms with Crippen molar-refractivity contribution < 1.29 is 22.0 Å². The molecule has 0 radical (unpaired) electrons. The predicted molar refractivity (Wildman–Crippen MR) is 45.2 cm³/mol. The number of aliphatic imine (C=N–C) groups is 1. The van der Waals surface area contributed by atoms with Gasteiger partial charge in [0.25, 0.3) is 0 Å². The van der Waals surface area contributed by atoms with E-state index in [0.29, 0.717) is 4.48 Å². The average molecular weight is 191 g/mol. The van der Waals surface area contributed by atoms with Gasteiger partial charge in [-0.25, -0.2) is 4.99 Å². The van der Waals surface area contributed by atoms with E-state index in [4.69, 9.17) is 0 Å². The highest BCUT2D eigenvalue weighted by atomic mass is 35.5. The number of nitrogens with zero attached hydrogens (tertiary/aromatic N) is 2. The molecule has 12 heavy (non-hydrogen) atoms. The number of aliphatic hydroxyl groups excluding tert-OH is 1. The van der Waals surface area contributed by atoms with Crippen LogP contribution in [0.5, 0.6) is 0 Å². The zero-order valence-corrected chi connectivity index (χ0v) is 8.04. The number of quaternary nitrogens is 1. The number of rotatable bonds is 3. The van der Waals surface area contributed by atoms with Gasteiger partial charge in [-0.1, -0.05) is 6.58 Å². The van der Waals surface area contributed by atoms with Crippen molar-refractivity contribution in [1.82, 2.24) is 0 Å². The maximum atomic E-state index is 9.47. The lowest BCUT2D eigenvalue weighted by Crippen LogP contribution is -3.00. The Bertz CT molecular complexity index is 182. The molecule has 0 bridgehead atoms. The molecule has 1 rings (SSSR count). The number of halogens is 1. The number of aliphatic hydroxyl groups is 1. The van der Waals surface area contributed by atoms with Crippen LogP contribution in [0.25, 0.3) is 0 Å². The summed E-state index contributed by atoms with van der Waals surface area (Å²) >= 11 is 0. The van der Waals surface area contributed by atoms with Crippen LogP contribution in [0.2, 0.25) is 0 Å². The molecule has 0 aromatic rings. The highest BCUT2D eigenvalue weighted by Gasteiger charge is 2.32. The minimum atomic E-state index is -0.376. The SMILES string of the molecule is C=CC[N+]1(C(C)O)C=NCC1.[Cl-]. The molecule has 3 nitrogen and oxygen atoms in total. The molecule has 0 fully saturated rings. The summed E-state index contributed by atoms with van der Waals surface area (Å²) in [6.45, 7) is 7.93. The van der Waals surface area contributed by atoms with Crippen molar-refractivity contribution in [1.29, 1.82) is 0 Å². The maximum Gasteiger partial charge on any atom is 0.193 e. The topological polar surface area (TPSA) is 32.6 Å². The van der Waals surface area contributed by atoms with Gasteiger partial charge in [0.2, 0.25) is 0 Å². The summed E-state index contributed by atoms with van der Waals surface area (Å²) in [4.78, 5) is 4.12. The summed E-state index contributed by atoms with van der Waals surface area (Å²) in [6.07, 6.45) is 3.27. The molecule has 2 atom stereocenters. The van der Waals surface area contributed by atoms with Crippen molar-refractivity contribution in [2.45, 2.75) is 13.2 Å². The van der Waals surface area contributed by atoms with Gasteiger partial charge in [-0.2, -0.15) is 0 Å². The molecular weight excluding hydrogens is 176 g/mol. The Morgan fingerprint density at radius 1 is 1.83 bits per heavy atom. The second-order valence-electron chi connectivity index (χ2n) is 2.95. The zero-order chi connectivity index (χ0) is 8.32. The molecule has 0 aromatic heterocycles. The van der Waals surface area contributed by atoms with Crippen molar-refractivity contribution >= 4 is 6.34 Å². The summed E-state index contributed by atoms with van der Waals surface area (Å²) < 4.78 is 0.545. The summed E-state index contributed by atoms with van der Waals surface area (Å²) in [5.74, 6) is 0. The maximum absolute atomic E-state index is 9.47. The Hall–Kier alpha value is -0.380. The van der Waals surface area contributed by atoms with Crippen LogP contribution in [0, 0.1) is 0 Å². The van der Waals surface area contributed by atoms with E-state index in [9.17, 15) is 5.11 Å². The molecule has 70 valence electrons. The Labute approximate surface area is 79.4 Å². The molecule has 0 aliphatic carbocycles. The van der Waals surface area contributed by atoms with E-state index in [-0.39, 0.29) is 18.6 Å². The van der Waals surface area contributed by atoms with Crippen LogP contribution >= 0.6 is 0 Å². The quantitative estimate of drug-likeness (QED) is 0.384. The largest absolute Gasteiger partial charge is 1.00 e. The molecule has 0 spiro atoms. The third kappa shape index (κ3) is 2.06. The number of hydrogen-bond acceptors (Lipinski definition) is 2. The molecule has 0 saturated carbocycles. The Morgan fingerprint density at radius 3 is 2.83 bits per heavy atom. The van der Waals surface area contributed by atoms with Gasteiger partial charge in [-0.05, 0) is 6.08 Å². The molecule has 0 aromatic carbocycles. The molecule has 4 heteroatoms. The average Bonchev–Trinajstić information content (AvgIpc) is 2.38. The van der Waals surface area contributed by atoms with Crippen LogP contribution < -0.4 is 12.4 Å². The van der Waals surface area contributed by atoms with Crippen molar-refractivity contribution in [2.75, 3.05) is 19.6 Å². The second kappa shape index (κ2) is 4.60. The Kier molecular flexibility index (Phi) is 4.45. The fraction of sp³-hybridized carbons (Fsp3) is 0.625. The van der Waals surface area contributed by atoms with Crippen LogP contribution in [-0.2, 0) is 0 Å². The lowest BCUT2D eigenvalue weighted by molar-refractivity contribution is -0.871. The van der Waals surface area contributed by atoms with Crippen LogP contribution in [-0.4, -0.2) is 41.8 Å². The van der Waals surface area contributed by atoms with Crippen LogP contribution in [0.4, 0.5) is 0 Å². The Morgan fingerprint density at radius 2 is 2.50 bits per heavy atom. The van der Waals surface area contributed by atoms with E-state index in [1.165, 1.54) is 0 Å². The van der Waals surface area contributed by atoms with Gasteiger partial charge >= 0.3 is 0 Å². The first-order valence-corrected chi connectivity index (χ1v) is 3.88. The lowest BCUT2D eigenvalue weighted by Gasteiger charge is -2.31. The predicted octanol–water partition coefficient (Wildman–Crippen LogP) is -2.63. The van der Waals surface area contributed by atoms with Gasteiger partial charge in [0, 0.05) is 6.92 Å². The smallest absolute Gasteiger partial charge is 0.193 e. The van der Waals surface area contributed by atoms with Crippen molar-refractivity contribution in [3.05, 3.63) is 12.7 Å². The van der Waals surface area contributed by atoms with Gasteiger partial charge in [-0.3, -0.25) is 4.48 Å². The van der Waals surface area contributed by atoms with Crippen molar-refractivity contribution in [2.24, 2.45) is 4.99 Å². The van der Waals surface area contributed by atoms with Crippen molar-refractivity contribution in [3.63, 3.8) is 0 Å². The Balaban J connectivity index is 0.00000121. The van der Waals surface area contributed by atoms with Gasteiger partial charge in [0.15, 0.2) is 12.6 Å². The second-order valence-corrected chi connectivity index (χ2v) is 2.95. The first-order valence-electron chi connectivity index (χ1n) is 3.88. The summed E-state index contributed by atoms with van der Waals surface area (Å²) in [7, 11) is 0. The van der Waals surface area contributed by atoms with E-state index >= 15 is 0 Å². The van der Waals surface area contributed by atoms with Crippen LogP contribution in [0.15, 0.2) is 17.6 Å². The van der Waals surface area contributed by atoms with Gasteiger partial charge in [0.05, 0.1) is 6.54 Å². The molecule has 1 aliphatic rings. The van der Waals surface area contributed by atoms with Crippen LogP contribution in [0.1, 0.15) is 6.92 Å². The molecule has 2 unspecified atom stereocenters. The highest BCUT2D eigenvalue weighted by molar-refractivity contribution is 5.48. The van der Waals surface area contributed by atoms with E-state index in [1.807, 2.05) is 12.4 Å². The van der Waals surface area contributed by atoms with Gasteiger partial charge in [-0.15, -0.1) is 0 Å². The summed E-state index contributed by atoms with van der Waals surface area (Å²) in [5, 5.41) is 9.47. The molecular formula is C8H15ClN2O. The fourth-order valence-corrected chi connectivity index (χ4v) is 1.34. The highest BCUT2D eigenvalue weighted by Crippen LogP contribution is 2.13. The third-order valence-electron chi connectivity index (χ3n) is 2.17. The van der Waals surface area contributed by atoms with E-state index in [0.717, 1.165) is 19.6 Å². The first kappa shape index (κ1) is 11.6. The van der Waals surface area contributed by atoms with Gasteiger partial charge in [0.1, 0.15) is 13.1 Å². The number of hydrogen-bond donors (Lipinski definition) is 1. The molecule has 0 saturated heterocycles. The standard InChI is InChI=1S/C8H15N2O.ClH/c1-3-5-10(8(2)11)6-4-9-7-10;/h3,7-8,11H,1,4-6H2,2H3;1H/q+1;/p-1. The summed E-state index contributed by atoms with van der Waals surface area (Å²) in [6, 6.07) is 0. The molecule has 1 N–H and O–H groups in total. The molecule has 1 heterocycles. The summed E-state index contributed by atoms with van der Waals surface area (Å²) in [5.41, 5.74) is 0. The minimum absolute atomic E-state index is 0. The monoisotopic (exact) mass is 190 g/mol. The molecule has 0 amide bonds. The van der Waals surface area contributed by atoms with E-state index < -0.39 is 0 Å². The van der Waals surface area contributed by atoms with E-state index in [2.05, 4.69) is 11.6 Å². The lowest BCUT2D eigenvalue weighted by atomic mass is 10.3. The minimum Gasteiger partial charge on any atom is -1.00 e. The third-order valence-corrected chi connectivity index (χ3v) is 2.17. The first-order chi connectivity index (χ1) is 5.21. The van der Waals surface area contributed by atoms with Crippen molar-refractivity contribution in [3.8, 4) is 0 Å². The van der Waals surface area contributed by atoms with E-state index in [1.54, 1.807) is 6.92 Å². The normalized spacial score (nSPS) is 29.5. The zero-order valence-electron chi connectivity index (χ0n) is 7.28. The molecule has 1 aliphatic heterocycles. The van der Waals surface area contributed by atoms with Gasteiger partial charge < -0.3 is 17.5 Å². The fourth-order valence-electron chi connectivity index (χ4n) is 1.34.